The Morgan fingerprint density at radius 1 is 1.17 bits per heavy atom. The van der Waals surface area contributed by atoms with E-state index in [1.54, 1.807) is 45.9 Å². The molecule has 0 aliphatic carbocycles. The van der Waals surface area contributed by atoms with Crippen LogP contribution in [0.5, 0.6) is 5.75 Å². The highest BCUT2D eigenvalue weighted by atomic mass is 33.1. The SMILES string of the molecule is CC(C)C#CCNC(=O)COCCOC(COc1cccc(C(=O)NCCN)c1)SSC(C)(C)C. The molecule has 0 saturated heterocycles. The third-order valence-electron chi connectivity index (χ3n) is 3.85. The van der Waals surface area contributed by atoms with Gasteiger partial charge in [0.15, 0.2) is 0 Å². The van der Waals surface area contributed by atoms with Crippen LogP contribution < -0.4 is 21.1 Å². The van der Waals surface area contributed by atoms with Crippen LogP contribution in [0.15, 0.2) is 24.3 Å². The molecule has 0 aliphatic heterocycles. The van der Waals surface area contributed by atoms with Gasteiger partial charge in [-0.3, -0.25) is 9.59 Å². The average molecular weight is 526 g/mol. The Labute approximate surface area is 217 Å². The third kappa shape index (κ3) is 16.4. The Morgan fingerprint density at radius 3 is 2.63 bits per heavy atom. The fourth-order valence-electron chi connectivity index (χ4n) is 2.33. The molecular weight excluding hydrogens is 486 g/mol. The highest BCUT2D eigenvalue weighted by Crippen LogP contribution is 2.38. The molecule has 0 aliphatic rings. The van der Waals surface area contributed by atoms with Crippen LogP contribution in [0, 0.1) is 17.8 Å². The van der Waals surface area contributed by atoms with Crippen molar-refractivity contribution >= 4 is 33.4 Å². The predicted octanol–water partition coefficient (Wildman–Crippen LogP) is 3.07. The molecule has 1 atom stereocenters. The Hall–Kier alpha value is -1.90. The largest absolute Gasteiger partial charge is 0.490 e. The first kappa shape index (κ1) is 31.1. The number of carbonyl (C=O) groups is 2. The first-order valence-corrected chi connectivity index (χ1v) is 13.8. The minimum Gasteiger partial charge on any atom is -0.490 e. The number of nitrogens with two attached hydrogens (primary N) is 1. The second kappa shape index (κ2) is 17.5. The second-order valence-corrected chi connectivity index (χ2v) is 12.0. The average Bonchev–Trinajstić information content (AvgIpc) is 2.80. The summed E-state index contributed by atoms with van der Waals surface area (Å²) in [7, 11) is 3.27. The van der Waals surface area contributed by atoms with Crippen molar-refractivity contribution in [1.82, 2.24) is 10.6 Å². The van der Waals surface area contributed by atoms with E-state index in [-0.39, 0.29) is 47.7 Å². The molecule has 0 aromatic heterocycles. The topological polar surface area (TPSA) is 112 Å². The normalized spacial score (nSPS) is 12.0. The van der Waals surface area contributed by atoms with Gasteiger partial charge in [-0.2, -0.15) is 0 Å². The van der Waals surface area contributed by atoms with Crippen molar-refractivity contribution in [3.05, 3.63) is 29.8 Å². The van der Waals surface area contributed by atoms with Crippen LogP contribution in [0.2, 0.25) is 0 Å². The summed E-state index contributed by atoms with van der Waals surface area (Å²) in [6, 6.07) is 6.98. The van der Waals surface area contributed by atoms with Crippen LogP contribution in [0.1, 0.15) is 45.0 Å². The van der Waals surface area contributed by atoms with E-state index in [0.717, 1.165) is 0 Å². The quantitative estimate of drug-likeness (QED) is 0.139. The summed E-state index contributed by atoms with van der Waals surface area (Å²) in [4.78, 5) is 23.9. The summed E-state index contributed by atoms with van der Waals surface area (Å²) in [5.74, 6) is 6.33. The van der Waals surface area contributed by atoms with Gasteiger partial charge in [0, 0.05) is 29.3 Å². The number of nitrogens with one attached hydrogen (secondary N) is 2. The van der Waals surface area contributed by atoms with Gasteiger partial charge < -0.3 is 30.6 Å². The third-order valence-corrected chi connectivity index (χ3v) is 7.36. The number of carbonyl (C=O) groups excluding carboxylic acids is 2. The van der Waals surface area contributed by atoms with Crippen molar-refractivity contribution in [2.24, 2.45) is 11.7 Å². The van der Waals surface area contributed by atoms with E-state index >= 15 is 0 Å². The highest BCUT2D eigenvalue weighted by Gasteiger charge is 2.18. The second-order valence-electron chi connectivity index (χ2n) is 8.78. The molecule has 0 spiro atoms. The van der Waals surface area contributed by atoms with E-state index in [2.05, 4.69) is 43.2 Å². The molecule has 4 N–H and O–H groups in total. The molecule has 0 saturated carbocycles. The summed E-state index contributed by atoms with van der Waals surface area (Å²) in [6.45, 7) is 12.3. The smallest absolute Gasteiger partial charge is 0.251 e. The fourth-order valence-corrected chi connectivity index (χ4v) is 4.53. The van der Waals surface area contributed by atoms with Crippen LogP contribution >= 0.6 is 21.6 Å². The van der Waals surface area contributed by atoms with Gasteiger partial charge in [0.05, 0.1) is 19.8 Å². The molecule has 0 bridgehead atoms. The molecule has 0 fully saturated rings. The minimum atomic E-state index is -0.266. The zero-order valence-corrected chi connectivity index (χ0v) is 23.0. The zero-order chi connectivity index (χ0) is 26.1. The van der Waals surface area contributed by atoms with Crippen molar-refractivity contribution in [2.45, 2.75) is 44.8 Å². The molecule has 0 radical (unpaired) electrons. The standard InChI is InChI=1S/C25H39N3O5S2/c1-19(2)8-7-12-27-22(29)17-31-14-15-32-23(34-35-25(3,4)5)18-33-21-10-6-9-20(16-21)24(30)28-13-11-26/h6,9-10,16,19,23H,11-15,17-18,26H2,1-5H3,(H,27,29)(H,28,30). The van der Waals surface area contributed by atoms with Crippen LogP contribution in [0.4, 0.5) is 0 Å². The van der Waals surface area contributed by atoms with Gasteiger partial charge in [-0.05, 0) is 18.2 Å². The van der Waals surface area contributed by atoms with E-state index in [1.807, 2.05) is 13.8 Å². The summed E-state index contributed by atoms with van der Waals surface area (Å²) in [5, 5.41) is 5.44. The van der Waals surface area contributed by atoms with Crippen molar-refractivity contribution in [3.63, 3.8) is 0 Å². The molecule has 10 heteroatoms. The monoisotopic (exact) mass is 525 g/mol. The molecule has 35 heavy (non-hydrogen) atoms. The maximum atomic E-state index is 12.2. The fraction of sp³-hybridized carbons (Fsp3) is 0.600. The summed E-state index contributed by atoms with van der Waals surface area (Å²) >= 11 is 0. The van der Waals surface area contributed by atoms with Gasteiger partial charge in [-0.1, -0.05) is 74.1 Å². The molecule has 1 aromatic rings. The summed E-state index contributed by atoms with van der Waals surface area (Å²) in [6.07, 6.45) is 0. The lowest BCUT2D eigenvalue weighted by Crippen LogP contribution is -2.29. The van der Waals surface area contributed by atoms with E-state index in [4.69, 9.17) is 19.9 Å². The Bertz CT molecular complexity index is 834. The van der Waals surface area contributed by atoms with Gasteiger partial charge in [-0.25, -0.2) is 0 Å². The van der Waals surface area contributed by atoms with Crippen molar-refractivity contribution in [2.75, 3.05) is 46.1 Å². The molecule has 0 heterocycles. The molecule has 1 rings (SSSR count). The Kier molecular flexibility index (Phi) is 15.6. The number of rotatable bonds is 15. The Morgan fingerprint density at radius 2 is 1.94 bits per heavy atom. The van der Waals surface area contributed by atoms with Crippen LogP contribution in [-0.2, 0) is 14.3 Å². The van der Waals surface area contributed by atoms with E-state index in [9.17, 15) is 9.59 Å². The summed E-state index contributed by atoms with van der Waals surface area (Å²) in [5.41, 5.74) is 5.68. The number of ether oxygens (including phenoxy) is 3. The number of hydrogen-bond acceptors (Lipinski definition) is 8. The molecule has 8 nitrogen and oxygen atoms in total. The van der Waals surface area contributed by atoms with Gasteiger partial charge in [0.2, 0.25) is 5.91 Å². The number of amides is 2. The van der Waals surface area contributed by atoms with Crippen molar-refractivity contribution in [1.29, 1.82) is 0 Å². The maximum Gasteiger partial charge on any atom is 0.251 e. The van der Waals surface area contributed by atoms with Gasteiger partial charge in [0.25, 0.3) is 5.91 Å². The van der Waals surface area contributed by atoms with E-state index in [0.29, 0.717) is 37.6 Å². The first-order chi connectivity index (χ1) is 16.6. The van der Waals surface area contributed by atoms with E-state index < -0.39 is 0 Å². The zero-order valence-electron chi connectivity index (χ0n) is 21.3. The number of hydrogen-bond donors (Lipinski definition) is 3. The van der Waals surface area contributed by atoms with Gasteiger partial charge in [-0.15, -0.1) is 0 Å². The molecule has 1 unspecified atom stereocenters. The summed E-state index contributed by atoms with van der Waals surface area (Å²) < 4.78 is 17.3. The van der Waals surface area contributed by atoms with Crippen LogP contribution in [-0.4, -0.2) is 68.1 Å². The predicted molar refractivity (Wildman–Crippen MR) is 144 cm³/mol. The highest BCUT2D eigenvalue weighted by molar-refractivity contribution is 8.77. The van der Waals surface area contributed by atoms with Gasteiger partial charge >= 0.3 is 0 Å². The van der Waals surface area contributed by atoms with Gasteiger partial charge in [0.1, 0.15) is 24.4 Å². The molecular formula is C25H39N3O5S2. The number of benzene rings is 1. The Balaban J connectivity index is 2.48. The van der Waals surface area contributed by atoms with Crippen molar-refractivity contribution < 1.29 is 23.8 Å². The maximum absolute atomic E-state index is 12.2. The molecule has 2 amide bonds. The minimum absolute atomic E-state index is 0.0420. The van der Waals surface area contributed by atoms with Crippen LogP contribution in [0.3, 0.4) is 0 Å². The lowest BCUT2D eigenvalue weighted by molar-refractivity contribution is -0.126. The molecule has 1 aromatic carbocycles. The lowest BCUT2D eigenvalue weighted by atomic mass is 10.2. The van der Waals surface area contributed by atoms with Crippen LogP contribution in [0.25, 0.3) is 0 Å². The molecule has 196 valence electrons. The first-order valence-electron chi connectivity index (χ1n) is 11.6. The lowest BCUT2D eigenvalue weighted by Gasteiger charge is -2.22. The van der Waals surface area contributed by atoms with Crippen molar-refractivity contribution in [3.8, 4) is 17.6 Å². The van der Waals surface area contributed by atoms with E-state index in [1.165, 1.54) is 0 Å².